The summed E-state index contributed by atoms with van der Waals surface area (Å²) < 4.78 is 7.03. The van der Waals surface area contributed by atoms with E-state index in [0.29, 0.717) is 23.6 Å². The lowest BCUT2D eigenvalue weighted by atomic mass is 10.1. The largest absolute Gasteiger partial charge is 0.394 e. The Morgan fingerprint density at radius 1 is 1.65 bits per heavy atom. The Kier molecular flexibility index (Phi) is 5.69. The van der Waals surface area contributed by atoms with Gasteiger partial charge in [-0.15, -0.1) is 6.58 Å². The molecule has 1 unspecified atom stereocenters. The number of rotatable bonds is 5. The SMILES string of the molecule is C=CCNC(=S)NC1C[C@H](n2cc(C)c(=O)[nH]c2=O)O[C@@H]1CO. The van der Waals surface area contributed by atoms with Crippen LogP contribution in [0.25, 0.3) is 0 Å². The van der Waals surface area contributed by atoms with Crippen molar-refractivity contribution in [2.45, 2.75) is 31.7 Å². The predicted octanol–water partition coefficient (Wildman–Crippen LogP) is -0.856. The normalized spacial score (nSPS) is 23.5. The fourth-order valence-corrected chi connectivity index (χ4v) is 2.64. The maximum Gasteiger partial charge on any atom is 0.330 e. The molecule has 0 aliphatic carbocycles. The highest BCUT2D eigenvalue weighted by molar-refractivity contribution is 7.80. The first-order valence-electron chi connectivity index (χ1n) is 7.20. The molecular formula is C14H20N4O4S. The minimum Gasteiger partial charge on any atom is -0.394 e. The van der Waals surface area contributed by atoms with Gasteiger partial charge in [0.25, 0.3) is 5.56 Å². The van der Waals surface area contributed by atoms with Crippen LogP contribution in [0.4, 0.5) is 0 Å². The van der Waals surface area contributed by atoms with Crippen LogP contribution in [0.2, 0.25) is 0 Å². The van der Waals surface area contributed by atoms with Crippen LogP contribution in [0.15, 0.2) is 28.4 Å². The average Bonchev–Trinajstić information content (AvgIpc) is 2.91. The summed E-state index contributed by atoms with van der Waals surface area (Å²) in [6, 6.07) is -0.256. The highest BCUT2D eigenvalue weighted by Crippen LogP contribution is 2.27. The maximum atomic E-state index is 11.9. The molecule has 0 bridgehead atoms. The van der Waals surface area contributed by atoms with E-state index in [9.17, 15) is 14.7 Å². The molecule has 0 spiro atoms. The van der Waals surface area contributed by atoms with Crippen LogP contribution >= 0.6 is 12.2 Å². The van der Waals surface area contributed by atoms with E-state index in [1.807, 2.05) is 0 Å². The zero-order valence-electron chi connectivity index (χ0n) is 12.7. The third-order valence-corrected chi connectivity index (χ3v) is 3.86. The molecule has 2 heterocycles. The second kappa shape index (κ2) is 7.53. The Labute approximate surface area is 138 Å². The molecule has 23 heavy (non-hydrogen) atoms. The molecule has 8 nitrogen and oxygen atoms in total. The van der Waals surface area contributed by atoms with Crippen molar-refractivity contribution in [2.24, 2.45) is 0 Å². The van der Waals surface area contributed by atoms with Gasteiger partial charge in [0.05, 0.1) is 12.6 Å². The molecular weight excluding hydrogens is 320 g/mol. The second-order valence-corrected chi connectivity index (χ2v) is 5.68. The number of aromatic amines is 1. The molecule has 9 heteroatoms. The molecule has 0 amide bonds. The third kappa shape index (κ3) is 4.06. The zero-order chi connectivity index (χ0) is 17.0. The quantitative estimate of drug-likeness (QED) is 0.408. The minimum atomic E-state index is -0.588. The first kappa shape index (κ1) is 17.4. The van der Waals surface area contributed by atoms with Crippen LogP contribution in [0.5, 0.6) is 0 Å². The molecule has 1 aromatic rings. The number of aryl methyl sites for hydroxylation is 1. The summed E-state index contributed by atoms with van der Waals surface area (Å²) >= 11 is 5.15. The molecule has 1 fully saturated rings. The first-order chi connectivity index (χ1) is 11.0. The molecule has 4 N–H and O–H groups in total. The van der Waals surface area contributed by atoms with Gasteiger partial charge in [0.1, 0.15) is 12.3 Å². The van der Waals surface area contributed by atoms with Crippen molar-refractivity contribution in [3.05, 3.63) is 45.3 Å². The number of aliphatic hydroxyl groups is 1. The second-order valence-electron chi connectivity index (χ2n) is 5.28. The number of nitrogens with one attached hydrogen (secondary N) is 3. The van der Waals surface area contributed by atoms with Gasteiger partial charge in [-0.1, -0.05) is 6.08 Å². The van der Waals surface area contributed by atoms with Gasteiger partial charge in [-0.25, -0.2) is 4.79 Å². The summed E-state index contributed by atoms with van der Waals surface area (Å²) in [5.41, 5.74) is -0.559. The molecule has 3 atom stereocenters. The smallest absolute Gasteiger partial charge is 0.330 e. The predicted molar refractivity (Wildman–Crippen MR) is 89.4 cm³/mol. The number of thiocarbonyl (C=S) groups is 1. The minimum absolute atomic E-state index is 0.213. The molecule has 2 rings (SSSR count). The van der Waals surface area contributed by atoms with Gasteiger partial charge in [-0.2, -0.15) is 0 Å². The highest BCUT2D eigenvalue weighted by Gasteiger charge is 2.36. The van der Waals surface area contributed by atoms with Crippen molar-refractivity contribution in [3.63, 3.8) is 0 Å². The Morgan fingerprint density at radius 3 is 3.04 bits per heavy atom. The Morgan fingerprint density at radius 2 is 2.39 bits per heavy atom. The molecule has 1 aliphatic rings. The number of H-pyrrole nitrogens is 1. The van der Waals surface area contributed by atoms with E-state index in [1.54, 1.807) is 13.0 Å². The number of aromatic nitrogens is 2. The van der Waals surface area contributed by atoms with Crippen LogP contribution in [0.3, 0.4) is 0 Å². The Balaban J connectivity index is 2.14. The van der Waals surface area contributed by atoms with Crippen molar-refractivity contribution >= 4 is 17.3 Å². The Hall–Kier alpha value is -1.97. The summed E-state index contributed by atoms with van der Waals surface area (Å²) in [5.74, 6) is 0. The topological polar surface area (TPSA) is 108 Å². The van der Waals surface area contributed by atoms with E-state index in [1.165, 1.54) is 10.8 Å². The van der Waals surface area contributed by atoms with E-state index in [-0.39, 0.29) is 12.6 Å². The lowest BCUT2D eigenvalue weighted by Crippen LogP contribution is -2.46. The standard InChI is InChI=1S/C14H20N4O4S/c1-3-4-15-13(23)16-9-5-11(22-10(9)7-19)18-6-8(2)12(20)17-14(18)21/h3,6,9-11,19H,1,4-5,7H2,2H3,(H2,15,16,23)(H,17,20,21)/t9?,10-,11-/m1/s1. The van der Waals surface area contributed by atoms with E-state index >= 15 is 0 Å². The molecule has 126 valence electrons. The Bertz CT molecular complexity index is 699. The number of nitrogens with zero attached hydrogens (tertiary/aromatic N) is 1. The summed E-state index contributed by atoms with van der Waals surface area (Å²) in [6.07, 6.45) is 2.45. The van der Waals surface area contributed by atoms with Crippen molar-refractivity contribution in [2.75, 3.05) is 13.2 Å². The molecule has 0 aromatic carbocycles. The van der Waals surface area contributed by atoms with Gasteiger partial charge in [-0.05, 0) is 19.1 Å². The van der Waals surface area contributed by atoms with Crippen LogP contribution < -0.4 is 21.9 Å². The highest BCUT2D eigenvalue weighted by atomic mass is 32.1. The first-order valence-corrected chi connectivity index (χ1v) is 7.60. The number of aliphatic hydroxyl groups excluding tert-OH is 1. The van der Waals surface area contributed by atoms with Crippen molar-refractivity contribution in [1.82, 2.24) is 20.2 Å². The van der Waals surface area contributed by atoms with Gasteiger partial charge in [0.15, 0.2) is 5.11 Å². The van der Waals surface area contributed by atoms with Gasteiger partial charge >= 0.3 is 5.69 Å². The van der Waals surface area contributed by atoms with Gasteiger partial charge in [0.2, 0.25) is 0 Å². The molecule has 0 saturated carbocycles. The molecule has 1 saturated heterocycles. The number of hydrogen-bond donors (Lipinski definition) is 4. The monoisotopic (exact) mass is 340 g/mol. The van der Waals surface area contributed by atoms with E-state index in [4.69, 9.17) is 17.0 Å². The summed E-state index contributed by atoms with van der Waals surface area (Å²) in [7, 11) is 0. The molecule has 1 aliphatic heterocycles. The third-order valence-electron chi connectivity index (χ3n) is 3.60. The van der Waals surface area contributed by atoms with Crippen molar-refractivity contribution in [3.8, 4) is 0 Å². The van der Waals surface area contributed by atoms with Crippen LogP contribution in [-0.4, -0.2) is 45.1 Å². The molecule has 1 aromatic heterocycles. The summed E-state index contributed by atoms with van der Waals surface area (Å²) in [6.45, 7) is 5.51. The van der Waals surface area contributed by atoms with Crippen LogP contribution in [-0.2, 0) is 4.74 Å². The van der Waals surface area contributed by atoms with E-state index < -0.39 is 23.6 Å². The van der Waals surface area contributed by atoms with Gasteiger partial charge < -0.3 is 20.5 Å². The van der Waals surface area contributed by atoms with E-state index in [0.717, 1.165) is 0 Å². The average molecular weight is 340 g/mol. The van der Waals surface area contributed by atoms with Crippen LogP contribution in [0, 0.1) is 6.92 Å². The lowest BCUT2D eigenvalue weighted by Gasteiger charge is -2.19. The number of hydrogen-bond acceptors (Lipinski definition) is 5. The maximum absolute atomic E-state index is 11.9. The zero-order valence-corrected chi connectivity index (χ0v) is 13.6. The van der Waals surface area contributed by atoms with Gasteiger partial charge in [0, 0.05) is 24.7 Å². The van der Waals surface area contributed by atoms with Crippen LogP contribution in [0.1, 0.15) is 18.2 Å². The summed E-state index contributed by atoms with van der Waals surface area (Å²) in [4.78, 5) is 25.6. The van der Waals surface area contributed by atoms with E-state index in [2.05, 4.69) is 22.2 Å². The summed E-state index contributed by atoms with van der Waals surface area (Å²) in [5, 5.41) is 15.9. The molecule has 0 radical (unpaired) electrons. The fourth-order valence-electron chi connectivity index (χ4n) is 2.41. The van der Waals surface area contributed by atoms with Crippen molar-refractivity contribution < 1.29 is 9.84 Å². The number of ether oxygens (including phenoxy) is 1. The lowest BCUT2D eigenvalue weighted by molar-refractivity contribution is -0.0281. The van der Waals surface area contributed by atoms with Crippen molar-refractivity contribution in [1.29, 1.82) is 0 Å². The van der Waals surface area contributed by atoms with Gasteiger partial charge in [-0.3, -0.25) is 14.3 Å². The fraction of sp³-hybridized carbons (Fsp3) is 0.500.